The highest BCUT2D eigenvalue weighted by Gasteiger charge is 2.17. The van der Waals surface area contributed by atoms with E-state index < -0.39 is 9.05 Å². The zero-order valence-electron chi connectivity index (χ0n) is 5.89. The predicted octanol–water partition coefficient (Wildman–Crippen LogP) is 3.68. The Bertz CT molecular complexity index is 443. The molecule has 0 bridgehead atoms. The standard InChI is InChI=1S/C6H2BrCl3O2S/c7-4-1-3(8)2-5(6(4)9)13(10,11)12/h1-2H. The molecule has 0 aliphatic rings. The molecule has 0 fully saturated rings. The van der Waals surface area contributed by atoms with Crippen LogP contribution >= 0.6 is 49.8 Å². The molecule has 0 spiro atoms. The van der Waals surface area contributed by atoms with Gasteiger partial charge in [0.15, 0.2) is 0 Å². The molecular weight excluding hydrogens is 322 g/mol. The van der Waals surface area contributed by atoms with E-state index in [0.717, 1.165) is 0 Å². The van der Waals surface area contributed by atoms with Gasteiger partial charge in [0.05, 0.1) is 5.02 Å². The molecule has 0 saturated heterocycles. The van der Waals surface area contributed by atoms with Gasteiger partial charge in [0.1, 0.15) is 4.90 Å². The van der Waals surface area contributed by atoms with Crippen molar-refractivity contribution in [3.63, 3.8) is 0 Å². The van der Waals surface area contributed by atoms with Gasteiger partial charge >= 0.3 is 0 Å². The highest BCUT2D eigenvalue weighted by Crippen LogP contribution is 2.34. The lowest BCUT2D eigenvalue weighted by Gasteiger charge is -2.02. The summed E-state index contributed by atoms with van der Waals surface area (Å²) in [6.45, 7) is 0. The Morgan fingerprint density at radius 3 is 2.23 bits per heavy atom. The van der Waals surface area contributed by atoms with Crippen LogP contribution in [0.4, 0.5) is 0 Å². The van der Waals surface area contributed by atoms with Gasteiger partial charge in [-0.3, -0.25) is 0 Å². The molecule has 0 saturated carbocycles. The number of halogens is 4. The van der Waals surface area contributed by atoms with Crippen molar-refractivity contribution in [1.82, 2.24) is 0 Å². The summed E-state index contributed by atoms with van der Waals surface area (Å²) in [5.41, 5.74) is 0. The van der Waals surface area contributed by atoms with Crippen LogP contribution in [0.25, 0.3) is 0 Å². The number of hydrogen-bond donors (Lipinski definition) is 0. The molecule has 1 aromatic rings. The van der Waals surface area contributed by atoms with Crippen molar-refractivity contribution in [3.8, 4) is 0 Å². The molecule has 2 nitrogen and oxygen atoms in total. The first-order valence-electron chi connectivity index (χ1n) is 2.91. The van der Waals surface area contributed by atoms with E-state index in [1.54, 1.807) is 0 Å². The van der Waals surface area contributed by atoms with E-state index in [-0.39, 0.29) is 14.9 Å². The number of hydrogen-bond acceptors (Lipinski definition) is 2. The fraction of sp³-hybridized carbons (Fsp3) is 0. The van der Waals surface area contributed by atoms with Gasteiger partial charge < -0.3 is 0 Å². The van der Waals surface area contributed by atoms with Crippen molar-refractivity contribution in [2.24, 2.45) is 0 Å². The molecule has 0 atom stereocenters. The molecule has 0 unspecified atom stereocenters. The summed E-state index contributed by atoms with van der Waals surface area (Å²) in [5.74, 6) is 0. The Hall–Kier alpha value is 0.520. The van der Waals surface area contributed by atoms with Crippen LogP contribution in [0, 0.1) is 0 Å². The smallest absolute Gasteiger partial charge is 0.207 e. The third kappa shape index (κ3) is 2.73. The molecule has 0 aliphatic carbocycles. The highest BCUT2D eigenvalue weighted by atomic mass is 79.9. The SMILES string of the molecule is O=S(=O)(Cl)c1cc(Cl)cc(Br)c1Cl. The van der Waals surface area contributed by atoms with E-state index in [1.165, 1.54) is 12.1 Å². The van der Waals surface area contributed by atoms with Gasteiger partial charge in [0.25, 0.3) is 9.05 Å². The van der Waals surface area contributed by atoms with E-state index in [1.807, 2.05) is 0 Å². The molecule has 7 heteroatoms. The monoisotopic (exact) mass is 322 g/mol. The van der Waals surface area contributed by atoms with Crippen molar-refractivity contribution in [2.45, 2.75) is 4.90 Å². The largest absolute Gasteiger partial charge is 0.262 e. The van der Waals surface area contributed by atoms with E-state index >= 15 is 0 Å². The predicted molar refractivity (Wildman–Crippen MR) is 57.2 cm³/mol. The molecule has 1 aromatic carbocycles. The number of benzene rings is 1. The van der Waals surface area contributed by atoms with Gasteiger partial charge in [-0.25, -0.2) is 8.42 Å². The van der Waals surface area contributed by atoms with E-state index in [4.69, 9.17) is 33.9 Å². The first kappa shape index (κ1) is 11.6. The second kappa shape index (κ2) is 3.95. The minimum atomic E-state index is -3.85. The van der Waals surface area contributed by atoms with Gasteiger partial charge in [-0.2, -0.15) is 0 Å². The highest BCUT2D eigenvalue weighted by molar-refractivity contribution is 9.10. The minimum Gasteiger partial charge on any atom is -0.207 e. The summed E-state index contributed by atoms with van der Waals surface area (Å²) >= 11 is 14.3. The zero-order valence-corrected chi connectivity index (χ0v) is 10.6. The van der Waals surface area contributed by atoms with Crippen LogP contribution in [0.5, 0.6) is 0 Å². The van der Waals surface area contributed by atoms with Crippen LogP contribution in [0.3, 0.4) is 0 Å². The lowest BCUT2D eigenvalue weighted by molar-refractivity contribution is 0.609. The molecule has 0 radical (unpaired) electrons. The maximum Gasteiger partial charge on any atom is 0.262 e. The van der Waals surface area contributed by atoms with Crippen LogP contribution in [-0.2, 0) is 9.05 Å². The summed E-state index contributed by atoms with van der Waals surface area (Å²) in [4.78, 5) is -0.199. The Morgan fingerprint density at radius 1 is 1.23 bits per heavy atom. The topological polar surface area (TPSA) is 34.1 Å². The van der Waals surface area contributed by atoms with Gasteiger partial charge in [0, 0.05) is 20.2 Å². The van der Waals surface area contributed by atoms with Crippen molar-refractivity contribution in [1.29, 1.82) is 0 Å². The normalized spacial score (nSPS) is 11.7. The van der Waals surface area contributed by atoms with Crippen LogP contribution in [0.1, 0.15) is 0 Å². The van der Waals surface area contributed by atoms with Crippen molar-refractivity contribution >= 4 is 58.9 Å². The summed E-state index contributed by atoms with van der Waals surface area (Å²) in [6, 6.07) is 2.67. The van der Waals surface area contributed by atoms with Gasteiger partial charge in [-0.05, 0) is 28.1 Å². The Labute approximate surface area is 98.3 Å². The second-order valence-electron chi connectivity index (χ2n) is 2.14. The molecule has 72 valence electrons. The first-order chi connectivity index (χ1) is 5.82. The van der Waals surface area contributed by atoms with Gasteiger partial charge in [-0.15, -0.1) is 0 Å². The molecule has 0 aromatic heterocycles. The molecule has 0 amide bonds. The maximum absolute atomic E-state index is 11.0. The molecule has 1 rings (SSSR count). The van der Waals surface area contributed by atoms with Crippen molar-refractivity contribution in [3.05, 3.63) is 26.7 Å². The summed E-state index contributed by atoms with van der Waals surface area (Å²) in [6.07, 6.45) is 0. The quantitative estimate of drug-likeness (QED) is 0.583. The van der Waals surface area contributed by atoms with E-state index in [2.05, 4.69) is 15.9 Å². The van der Waals surface area contributed by atoms with Gasteiger partial charge in [0.2, 0.25) is 0 Å². The summed E-state index contributed by atoms with van der Waals surface area (Å²) in [5, 5.41) is 0.273. The van der Waals surface area contributed by atoms with E-state index in [0.29, 0.717) is 4.47 Å². The summed E-state index contributed by atoms with van der Waals surface area (Å²) < 4.78 is 22.3. The van der Waals surface area contributed by atoms with Crippen LogP contribution in [0.2, 0.25) is 10.0 Å². The number of rotatable bonds is 1. The fourth-order valence-electron chi connectivity index (χ4n) is 0.710. The average molecular weight is 324 g/mol. The Morgan fingerprint density at radius 2 is 1.77 bits per heavy atom. The van der Waals surface area contributed by atoms with Gasteiger partial charge in [-0.1, -0.05) is 23.2 Å². The van der Waals surface area contributed by atoms with Crippen LogP contribution in [-0.4, -0.2) is 8.42 Å². The molecule has 13 heavy (non-hydrogen) atoms. The van der Waals surface area contributed by atoms with Crippen LogP contribution < -0.4 is 0 Å². The lowest BCUT2D eigenvalue weighted by atomic mass is 10.4. The minimum absolute atomic E-state index is 0.0272. The maximum atomic E-state index is 11.0. The lowest BCUT2D eigenvalue weighted by Crippen LogP contribution is -1.92. The third-order valence-electron chi connectivity index (χ3n) is 1.22. The summed E-state index contributed by atoms with van der Waals surface area (Å²) in [7, 11) is 1.26. The average Bonchev–Trinajstić information content (AvgIpc) is 1.94. The fourth-order valence-corrected chi connectivity index (χ4v) is 3.21. The Kier molecular flexibility index (Phi) is 3.52. The van der Waals surface area contributed by atoms with Crippen molar-refractivity contribution < 1.29 is 8.42 Å². The zero-order chi connectivity index (χ0) is 10.2. The van der Waals surface area contributed by atoms with E-state index in [9.17, 15) is 8.42 Å². The van der Waals surface area contributed by atoms with Crippen LogP contribution in [0.15, 0.2) is 21.5 Å². The molecule has 0 heterocycles. The first-order valence-corrected chi connectivity index (χ1v) is 6.77. The second-order valence-corrected chi connectivity index (χ2v) is 6.34. The molecule has 0 aliphatic heterocycles. The molecule has 0 N–H and O–H groups in total. The molecular formula is C6H2BrCl3O2S. The third-order valence-corrected chi connectivity index (χ3v) is 4.16. The van der Waals surface area contributed by atoms with Crippen molar-refractivity contribution in [2.75, 3.05) is 0 Å². The Balaban J connectivity index is 3.56.